The molecule has 0 aromatic rings. The van der Waals surface area contributed by atoms with Crippen molar-refractivity contribution in [1.82, 2.24) is 0 Å². The summed E-state index contributed by atoms with van der Waals surface area (Å²) in [5, 5.41) is 0. The van der Waals surface area contributed by atoms with Gasteiger partial charge < -0.3 is 10.5 Å². The van der Waals surface area contributed by atoms with Crippen LogP contribution in [0.1, 0.15) is 25.7 Å². The summed E-state index contributed by atoms with van der Waals surface area (Å²) in [6.07, 6.45) is 5.27. The fraction of sp³-hybridized carbons (Fsp3) is 1.00. The maximum Gasteiger partial charge on any atom is 0.0509 e. The Hall–Kier alpha value is -0.0800. The molecule has 2 fully saturated rings. The first-order chi connectivity index (χ1) is 5.36. The van der Waals surface area contributed by atoms with E-state index < -0.39 is 0 Å². The van der Waals surface area contributed by atoms with Crippen LogP contribution in [0.5, 0.6) is 0 Å². The van der Waals surface area contributed by atoms with E-state index in [2.05, 4.69) is 0 Å². The molecule has 1 heterocycles. The van der Waals surface area contributed by atoms with Crippen LogP contribution in [0.4, 0.5) is 0 Å². The van der Waals surface area contributed by atoms with Gasteiger partial charge in [0.25, 0.3) is 0 Å². The molecule has 0 aromatic carbocycles. The van der Waals surface area contributed by atoms with E-state index in [0.717, 1.165) is 19.1 Å². The van der Waals surface area contributed by atoms with Gasteiger partial charge in [-0.2, -0.15) is 0 Å². The monoisotopic (exact) mass is 155 g/mol. The molecule has 11 heavy (non-hydrogen) atoms. The topological polar surface area (TPSA) is 35.2 Å². The Bertz CT molecular complexity index is 128. The minimum atomic E-state index is 0.421. The zero-order valence-electron chi connectivity index (χ0n) is 6.96. The molecule has 2 heteroatoms. The number of rotatable bonds is 3. The highest BCUT2D eigenvalue weighted by Gasteiger charge is 2.29. The summed E-state index contributed by atoms with van der Waals surface area (Å²) in [6, 6.07) is 0.421. The van der Waals surface area contributed by atoms with Crippen molar-refractivity contribution < 1.29 is 4.74 Å². The quantitative estimate of drug-likeness (QED) is 0.663. The lowest BCUT2D eigenvalue weighted by atomic mass is 9.95. The molecule has 1 saturated heterocycles. The Labute approximate surface area is 68.1 Å². The van der Waals surface area contributed by atoms with Gasteiger partial charge in [-0.05, 0) is 24.7 Å². The third-order valence-corrected chi connectivity index (χ3v) is 2.87. The Morgan fingerprint density at radius 3 is 2.73 bits per heavy atom. The first-order valence-electron chi connectivity index (χ1n) is 4.69. The molecule has 1 aliphatic heterocycles. The molecular weight excluding hydrogens is 138 g/mol. The van der Waals surface area contributed by atoms with Crippen LogP contribution in [-0.4, -0.2) is 19.3 Å². The van der Waals surface area contributed by atoms with Crippen molar-refractivity contribution in [2.24, 2.45) is 17.6 Å². The third kappa shape index (κ3) is 1.94. The lowest BCUT2D eigenvalue weighted by molar-refractivity contribution is 0.179. The maximum absolute atomic E-state index is 6.04. The molecule has 0 radical (unpaired) electrons. The summed E-state index contributed by atoms with van der Waals surface area (Å²) in [7, 11) is 0. The first kappa shape index (κ1) is 7.56. The molecule has 0 spiro atoms. The number of hydrogen-bond acceptors (Lipinski definition) is 2. The third-order valence-electron chi connectivity index (χ3n) is 2.87. The van der Waals surface area contributed by atoms with E-state index in [-0.39, 0.29) is 0 Å². The molecule has 0 aromatic heterocycles. The molecule has 2 aliphatic rings. The van der Waals surface area contributed by atoms with E-state index in [4.69, 9.17) is 10.5 Å². The van der Waals surface area contributed by atoms with Gasteiger partial charge in [0.15, 0.2) is 0 Å². The van der Waals surface area contributed by atoms with Crippen molar-refractivity contribution in [1.29, 1.82) is 0 Å². The average Bonchev–Trinajstić information content (AvgIpc) is 2.67. The molecule has 0 bridgehead atoms. The van der Waals surface area contributed by atoms with Gasteiger partial charge in [-0.3, -0.25) is 0 Å². The summed E-state index contributed by atoms with van der Waals surface area (Å²) in [6.45, 7) is 1.84. The average molecular weight is 155 g/mol. The van der Waals surface area contributed by atoms with Crippen molar-refractivity contribution in [3.8, 4) is 0 Å². The van der Waals surface area contributed by atoms with Gasteiger partial charge in [-0.25, -0.2) is 0 Å². The van der Waals surface area contributed by atoms with Crippen molar-refractivity contribution in [3.05, 3.63) is 0 Å². The molecule has 0 amide bonds. The van der Waals surface area contributed by atoms with Gasteiger partial charge in [0.2, 0.25) is 0 Å². The summed E-state index contributed by atoms with van der Waals surface area (Å²) < 4.78 is 5.30. The molecule has 2 atom stereocenters. The molecule has 2 rings (SSSR count). The Kier molecular flexibility index (Phi) is 2.14. The highest BCUT2D eigenvalue weighted by atomic mass is 16.5. The van der Waals surface area contributed by atoms with Gasteiger partial charge in [-0.1, -0.05) is 12.8 Å². The van der Waals surface area contributed by atoms with Crippen LogP contribution in [0, 0.1) is 11.8 Å². The van der Waals surface area contributed by atoms with Crippen LogP contribution in [0.15, 0.2) is 0 Å². The standard InChI is InChI=1S/C9H17NO/c10-9(5-7-1-2-7)8-3-4-11-6-8/h7-9H,1-6,10H2. The van der Waals surface area contributed by atoms with Crippen LogP contribution >= 0.6 is 0 Å². The minimum absolute atomic E-state index is 0.421. The second-order valence-corrected chi connectivity index (χ2v) is 3.97. The molecule has 2 N–H and O–H groups in total. The van der Waals surface area contributed by atoms with Crippen LogP contribution in [-0.2, 0) is 4.74 Å². The molecule has 2 nitrogen and oxygen atoms in total. The number of ether oxygens (including phenoxy) is 1. The van der Waals surface area contributed by atoms with Gasteiger partial charge in [-0.15, -0.1) is 0 Å². The molecule has 2 unspecified atom stereocenters. The van der Waals surface area contributed by atoms with E-state index in [1.54, 1.807) is 0 Å². The van der Waals surface area contributed by atoms with Crippen LogP contribution in [0.3, 0.4) is 0 Å². The SMILES string of the molecule is NC(CC1CC1)C1CCOC1. The number of hydrogen-bond donors (Lipinski definition) is 1. The minimum Gasteiger partial charge on any atom is -0.381 e. The van der Waals surface area contributed by atoms with Crippen molar-refractivity contribution in [3.63, 3.8) is 0 Å². The zero-order valence-corrected chi connectivity index (χ0v) is 6.96. The van der Waals surface area contributed by atoms with E-state index >= 15 is 0 Å². The molecule has 1 saturated carbocycles. The highest BCUT2D eigenvalue weighted by Crippen LogP contribution is 2.35. The fourth-order valence-electron chi connectivity index (χ4n) is 1.82. The molecule has 64 valence electrons. The Morgan fingerprint density at radius 2 is 2.18 bits per heavy atom. The van der Waals surface area contributed by atoms with Crippen LogP contribution in [0.2, 0.25) is 0 Å². The zero-order chi connectivity index (χ0) is 7.68. The van der Waals surface area contributed by atoms with Gasteiger partial charge in [0.1, 0.15) is 0 Å². The lowest BCUT2D eigenvalue weighted by Gasteiger charge is -2.16. The summed E-state index contributed by atoms with van der Waals surface area (Å²) in [5.41, 5.74) is 6.04. The van der Waals surface area contributed by atoms with Crippen molar-refractivity contribution in [2.75, 3.05) is 13.2 Å². The summed E-state index contributed by atoms with van der Waals surface area (Å²) >= 11 is 0. The van der Waals surface area contributed by atoms with E-state index in [0.29, 0.717) is 12.0 Å². The van der Waals surface area contributed by atoms with Gasteiger partial charge in [0, 0.05) is 12.6 Å². The Balaban J connectivity index is 1.73. The predicted octanol–water partition coefficient (Wildman–Crippen LogP) is 1.15. The van der Waals surface area contributed by atoms with E-state index in [1.165, 1.54) is 25.7 Å². The Morgan fingerprint density at radius 1 is 1.36 bits per heavy atom. The first-order valence-corrected chi connectivity index (χ1v) is 4.69. The molecular formula is C9H17NO. The van der Waals surface area contributed by atoms with Gasteiger partial charge >= 0.3 is 0 Å². The predicted molar refractivity (Wildman–Crippen MR) is 44.2 cm³/mol. The summed E-state index contributed by atoms with van der Waals surface area (Å²) in [5.74, 6) is 1.63. The summed E-state index contributed by atoms with van der Waals surface area (Å²) in [4.78, 5) is 0. The van der Waals surface area contributed by atoms with Crippen molar-refractivity contribution in [2.45, 2.75) is 31.7 Å². The second-order valence-electron chi connectivity index (χ2n) is 3.97. The normalized spacial score (nSPS) is 34.1. The lowest BCUT2D eigenvalue weighted by Crippen LogP contribution is -2.30. The largest absolute Gasteiger partial charge is 0.381 e. The van der Waals surface area contributed by atoms with Crippen LogP contribution < -0.4 is 5.73 Å². The highest BCUT2D eigenvalue weighted by molar-refractivity contribution is 4.83. The van der Waals surface area contributed by atoms with E-state index in [1.807, 2.05) is 0 Å². The van der Waals surface area contributed by atoms with Crippen molar-refractivity contribution >= 4 is 0 Å². The van der Waals surface area contributed by atoms with E-state index in [9.17, 15) is 0 Å². The second kappa shape index (κ2) is 3.11. The van der Waals surface area contributed by atoms with Crippen LogP contribution in [0.25, 0.3) is 0 Å². The smallest absolute Gasteiger partial charge is 0.0509 e. The maximum atomic E-state index is 6.04. The molecule has 1 aliphatic carbocycles. The fourth-order valence-corrected chi connectivity index (χ4v) is 1.82. The number of nitrogens with two attached hydrogens (primary N) is 1. The van der Waals surface area contributed by atoms with Gasteiger partial charge in [0.05, 0.1) is 6.61 Å².